The first-order valence-corrected chi connectivity index (χ1v) is 18.6. The zero-order valence-electron chi connectivity index (χ0n) is 32.7. The Bertz CT molecular complexity index is 1450. The third kappa shape index (κ3) is 13.9. The molecule has 3 aromatic carbocycles. The maximum Gasteiger partial charge on any atom is 0.0693 e. The molecule has 0 fully saturated rings. The molecule has 0 aliphatic carbocycles. The van der Waals surface area contributed by atoms with Gasteiger partial charge in [-0.2, -0.15) is 0 Å². The van der Waals surface area contributed by atoms with E-state index in [4.69, 9.17) is 6.58 Å². The van der Waals surface area contributed by atoms with E-state index in [1.165, 1.54) is 45.5 Å². The van der Waals surface area contributed by atoms with Crippen LogP contribution in [0.4, 0.5) is 0 Å². The summed E-state index contributed by atoms with van der Waals surface area (Å²) in [4.78, 5) is 2.56. The van der Waals surface area contributed by atoms with Crippen LogP contribution in [-0.2, 0) is 12.8 Å². The van der Waals surface area contributed by atoms with Gasteiger partial charge in [0.1, 0.15) is 0 Å². The van der Waals surface area contributed by atoms with Crippen LogP contribution in [0.5, 0.6) is 0 Å². The molecule has 0 heterocycles. The molecular weight excluding hydrogens is 593 g/mol. The highest BCUT2D eigenvalue weighted by molar-refractivity contribution is 5.68. The van der Waals surface area contributed by atoms with Gasteiger partial charge in [-0.3, -0.25) is 0 Å². The summed E-state index contributed by atoms with van der Waals surface area (Å²) in [5.41, 5.74) is 10.3. The van der Waals surface area contributed by atoms with Gasteiger partial charge in [-0.1, -0.05) is 164 Å². The highest BCUT2D eigenvalue weighted by Gasteiger charge is 2.27. The van der Waals surface area contributed by atoms with Crippen LogP contribution in [0, 0.1) is 30.6 Å². The summed E-state index contributed by atoms with van der Waals surface area (Å²) < 4.78 is 0. The maximum absolute atomic E-state index is 4.70. The van der Waals surface area contributed by atoms with Crippen LogP contribution in [0.2, 0.25) is 0 Å². The molecule has 266 valence electrons. The molecule has 2 heteroatoms. The summed E-state index contributed by atoms with van der Waals surface area (Å²) in [5.74, 6) is 2.05. The van der Waals surface area contributed by atoms with Crippen molar-refractivity contribution < 1.29 is 0 Å². The molecular formula is C47H68N2. The van der Waals surface area contributed by atoms with Crippen molar-refractivity contribution in [3.63, 3.8) is 0 Å². The molecule has 0 aromatic heterocycles. The topological polar surface area (TPSA) is 15.3 Å². The van der Waals surface area contributed by atoms with Crippen LogP contribution in [0.15, 0.2) is 128 Å². The smallest absolute Gasteiger partial charge is 0.0693 e. The average Bonchev–Trinajstić information content (AvgIpc) is 3.09. The minimum atomic E-state index is 0.0927. The van der Waals surface area contributed by atoms with Gasteiger partial charge in [0.2, 0.25) is 0 Å². The van der Waals surface area contributed by atoms with Gasteiger partial charge in [-0.15, -0.1) is 0 Å². The van der Waals surface area contributed by atoms with Crippen molar-refractivity contribution in [1.29, 1.82) is 0 Å². The van der Waals surface area contributed by atoms with Crippen molar-refractivity contribution in [3.8, 4) is 0 Å². The summed E-state index contributed by atoms with van der Waals surface area (Å²) in [7, 11) is 0. The van der Waals surface area contributed by atoms with Gasteiger partial charge < -0.3 is 10.2 Å². The Morgan fingerprint density at radius 2 is 1.29 bits per heavy atom. The van der Waals surface area contributed by atoms with Gasteiger partial charge in [0.15, 0.2) is 0 Å². The first-order chi connectivity index (χ1) is 23.3. The molecule has 5 unspecified atom stereocenters. The molecule has 0 spiro atoms. The number of rotatable bonds is 18. The van der Waals surface area contributed by atoms with Gasteiger partial charge in [0.25, 0.3) is 0 Å². The lowest BCUT2D eigenvalue weighted by molar-refractivity contribution is 0.176. The van der Waals surface area contributed by atoms with Crippen molar-refractivity contribution in [3.05, 3.63) is 150 Å². The van der Waals surface area contributed by atoms with Gasteiger partial charge in [0, 0.05) is 24.0 Å². The van der Waals surface area contributed by atoms with E-state index in [9.17, 15) is 0 Å². The lowest BCUT2D eigenvalue weighted by Gasteiger charge is -2.41. The molecule has 5 atom stereocenters. The largest absolute Gasteiger partial charge is 0.380 e. The van der Waals surface area contributed by atoms with Crippen LogP contribution >= 0.6 is 0 Å². The van der Waals surface area contributed by atoms with Gasteiger partial charge >= 0.3 is 0 Å². The monoisotopic (exact) mass is 661 g/mol. The predicted octanol–water partition coefficient (Wildman–Crippen LogP) is 12.5. The second-order valence-corrected chi connectivity index (χ2v) is 14.7. The third-order valence-corrected chi connectivity index (χ3v) is 10.3. The Labute approximate surface area is 302 Å². The van der Waals surface area contributed by atoms with Gasteiger partial charge in [-0.25, -0.2) is 0 Å². The first-order valence-electron chi connectivity index (χ1n) is 18.6. The van der Waals surface area contributed by atoms with E-state index < -0.39 is 0 Å². The third-order valence-electron chi connectivity index (χ3n) is 10.3. The first kappa shape index (κ1) is 41.4. The zero-order chi connectivity index (χ0) is 36.5. The van der Waals surface area contributed by atoms with E-state index in [0.29, 0.717) is 29.7 Å². The van der Waals surface area contributed by atoms with Crippen LogP contribution in [-0.4, -0.2) is 23.5 Å². The Morgan fingerprint density at radius 3 is 1.78 bits per heavy atom. The summed E-state index contributed by atoms with van der Waals surface area (Å²) in [5, 5.41) is 3.86. The lowest BCUT2D eigenvalue weighted by Crippen LogP contribution is -2.46. The average molecular weight is 661 g/mol. The fourth-order valence-corrected chi connectivity index (χ4v) is 5.95. The number of aryl methyl sites for hydroxylation is 1. The molecule has 0 aliphatic heterocycles. The minimum absolute atomic E-state index is 0.0927. The van der Waals surface area contributed by atoms with E-state index in [2.05, 4.69) is 184 Å². The van der Waals surface area contributed by atoms with Crippen molar-refractivity contribution in [2.75, 3.05) is 6.54 Å². The number of benzene rings is 3. The van der Waals surface area contributed by atoms with E-state index in [1.54, 1.807) is 0 Å². The molecule has 1 N–H and O–H groups in total. The van der Waals surface area contributed by atoms with E-state index >= 15 is 0 Å². The molecule has 0 aliphatic rings. The van der Waals surface area contributed by atoms with Crippen molar-refractivity contribution in [1.82, 2.24) is 10.2 Å². The molecule has 0 saturated heterocycles. The van der Waals surface area contributed by atoms with Gasteiger partial charge in [-0.05, 0) is 98.5 Å². The number of hydrogen-bond acceptors (Lipinski definition) is 2. The number of nitrogens with zero attached hydrogens (tertiary/aromatic N) is 1. The van der Waals surface area contributed by atoms with E-state index in [0.717, 1.165) is 31.5 Å². The fourth-order valence-electron chi connectivity index (χ4n) is 5.95. The fraction of sp³-hybridized carbons (Fsp3) is 0.447. The van der Waals surface area contributed by atoms with Crippen LogP contribution in [0.25, 0.3) is 5.57 Å². The summed E-state index contributed by atoms with van der Waals surface area (Å²) in [6.45, 7) is 36.7. The minimum Gasteiger partial charge on any atom is -0.380 e. The number of allylic oxidation sites excluding steroid dienone is 4. The predicted molar refractivity (Wildman–Crippen MR) is 219 cm³/mol. The second-order valence-electron chi connectivity index (χ2n) is 14.7. The van der Waals surface area contributed by atoms with E-state index in [1.807, 2.05) is 0 Å². The Hall–Kier alpha value is -3.78. The SMILES string of the molecule is C=C(C)C(C)Cc1ccccc1.C=C(NC(Cc1ccccc1)C(=C)N(CC(C)CC)C(C)C(C)C)C(C)C/C(=C/C)c1ccccc1C. The molecule has 49 heavy (non-hydrogen) atoms. The normalized spacial score (nSPS) is 14.5. The quantitative estimate of drug-likeness (QED) is 0.137. The molecule has 3 aromatic rings. The summed E-state index contributed by atoms with van der Waals surface area (Å²) in [6.07, 6.45) is 6.37. The van der Waals surface area contributed by atoms with Crippen LogP contribution < -0.4 is 5.32 Å². The molecule has 3 rings (SSSR count). The zero-order valence-corrected chi connectivity index (χ0v) is 32.7. The van der Waals surface area contributed by atoms with Crippen LogP contribution in [0.3, 0.4) is 0 Å². The number of nitrogens with one attached hydrogen (secondary N) is 1. The molecule has 0 bridgehead atoms. The lowest BCUT2D eigenvalue weighted by atomic mass is 9.90. The molecule has 0 saturated carbocycles. The van der Waals surface area contributed by atoms with Crippen molar-refractivity contribution >= 4 is 5.57 Å². The van der Waals surface area contributed by atoms with Crippen LogP contribution in [0.1, 0.15) is 97.4 Å². The second kappa shape index (κ2) is 21.3. The van der Waals surface area contributed by atoms with Crippen molar-refractivity contribution in [2.24, 2.45) is 23.7 Å². The van der Waals surface area contributed by atoms with Crippen molar-refractivity contribution in [2.45, 2.75) is 107 Å². The summed E-state index contributed by atoms with van der Waals surface area (Å²) >= 11 is 0. The standard InChI is InChI=1S/C35H52N2.C12H16/c1-11-26(5)24-37(30(9)25(3)4)31(10)35(23-32-19-14-13-15-20-32)36-29(8)28(7)22-33(12-2)34-21-17-16-18-27(34)6;1-10(2)11(3)9-12-7-5-4-6-8-12/h12-21,25-26,28,30,35-36H,8,10-11,22-24H2,1-7,9H3;4-8,11H,1,9H2,2-3H3/b33-12-;. The Kier molecular flexibility index (Phi) is 18.0. The Morgan fingerprint density at radius 1 is 0.755 bits per heavy atom. The highest BCUT2D eigenvalue weighted by atomic mass is 15.2. The highest BCUT2D eigenvalue weighted by Crippen LogP contribution is 2.29. The van der Waals surface area contributed by atoms with Gasteiger partial charge in [0.05, 0.1) is 6.04 Å². The molecule has 0 amide bonds. The Balaban J connectivity index is 0.000000582. The molecule has 2 nitrogen and oxygen atoms in total. The van der Waals surface area contributed by atoms with E-state index in [-0.39, 0.29) is 6.04 Å². The molecule has 0 radical (unpaired) electrons. The summed E-state index contributed by atoms with van der Waals surface area (Å²) in [6, 6.07) is 30.5. The number of hydrogen-bond donors (Lipinski definition) is 1. The maximum atomic E-state index is 4.70.